The predicted octanol–water partition coefficient (Wildman–Crippen LogP) is 1.96. The van der Waals surface area contributed by atoms with E-state index >= 15 is 0 Å². The van der Waals surface area contributed by atoms with E-state index in [2.05, 4.69) is 5.32 Å². The molecule has 0 unspecified atom stereocenters. The lowest BCUT2D eigenvalue weighted by Gasteiger charge is -2.11. The molecule has 0 spiro atoms. The van der Waals surface area contributed by atoms with Crippen LogP contribution in [0.5, 0.6) is 17.2 Å². The Balaban J connectivity index is 1.71. The lowest BCUT2D eigenvalue weighted by atomic mass is 10.2. The summed E-state index contributed by atoms with van der Waals surface area (Å²) in [4.78, 5) is 23.2. The van der Waals surface area contributed by atoms with E-state index in [1.165, 1.54) is 0 Å². The molecule has 0 bridgehead atoms. The first-order valence-corrected chi connectivity index (χ1v) is 7.84. The molecule has 2 aromatic carbocycles. The highest BCUT2D eigenvalue weighted by atomic mass is 16.5. The largest absolute Gasteiger partial charge is 0.490 e. The molecule has 7 nitrogen and oxygen atoms in total. The van der Waals surface area contributed by atoms with Crippen molar-refractivity contribution >= 4 is 17.5 Å². The minimum absolute atomic E-state index is 0.223. The minimum Gasteiger partial charge on any atom is -0.490 e. The maximum Gasteiger partial charge on any atom is 0.255 e. The number of fused-ring (bicyclic) bond motifs is 1. The molecule has 130 valence electrons. The van der Waals surface area contributed by atoms with Crippen LogP contribution in [0.25, 0.3) is 0 Å². The Morgan fingerprint density at radius 1 is 1.08 bits per heavy atom. The third-order valence-electron chi connectivity index (χ3n) is 3.48. The van der Waals surface area contributed by atoms with E-state index in [9.17, 15) is 9.59 Å². The summed E-state index contributed by atoms with van der Waals surface area (Å²) in [5.74, 6) is 0.777. The molecule has 1 aliphatic heterocycles. The first kappa shape index (κ1) is 16.6. The summed E-state index contributed by atoms with van der Waals surface area (Å²) in [6, 6.07) is 11.8. The number of carbonyl (C=O) groups excluding carboxylic acids is 2. The van der Waals surface area contributed by atoms with Crippen molar-refractivity contribution < 1.29 is 23.8 Å². The average molecular weight is 342 g/mol. The van der Waals surface area contributed by atoms with Crippen LogP contribution >= 0.6 is 0 Å². The molecule has 2 amide bonds. The van der Waals surface area contributed by atoms with Crippen molar-refractivity contribution in [1.29, 1.82) is 0 Å². The van der Waals surface area contributed by atoms with Gasteiger partial charge in [0.15, 0.2) is 18.1 Å². The molecular formula is C18H18N2O5. The van der Waals surface area contributed by atoms with Gasteiger partial charge >= 0.3 is 0 Å². The highest BCUT2D eigenvalue weighted by molar-refractivity contribution is 6.04. The molecule has 0 aromatic heterocycles. The molecule has 3 rings (SSSR count). The first-order valence-electron chi connectivity index (χ1n) is 7.84. The van der Waals surface area contributed by atoms with E-state index in [0.717, 1.165) is 6.42 Å². The van der Waals surface area contributed by atoms with Crippen LogP contribution in [-0.2, 0) is 4.79 Å². The van der Waals surface area contributed by atoms with Gasteiger partial charge in [-0.1, -0.05) is 6.07 Å². The number of anilines is 1. The van der Waals surface area contributed by atoms with E-state index in [-0.39, 0.29) is 12.5 Å². The van der Waals surface area contributed by atoms with Crippen molar-refractivity contribution in [1.82, 2.24) is 0 Å². The average Bonchev–Trinajstić information content (AvgIpc) is 2.85. The highest BCUT2D eigenvalue weighted by Crippen LogP contribution is 2.30. The quantitative estimate of drug-likeness (QED) is 0.865. The van der Waals surface area contributed by atoms with Gasteiger partial charge in [0.25, 0.3) is 11.8 Å². The van der Waals surface area contributed by atoms with Gasteiger partial charge in [0, 0.05) is 23.7 Å². The Morgan fingerprint density at radius 2 is 1.88 bits per heavy atom. The van der Waals surface area contributed by atoms with Crippen LogP contribution in [-0.4, -0.2) is 31.6 Å². The fourth-order valence-electron chi connectivity index (χ4n) is 2.33. The van der Waals surface area contributed by atoms with Crippen LogP contribution in [0.2, 0.25) is 0 Å². The molecule has 1 aliphatic rings. The van der Waals surface area contributed by atoms with Crippen molar-refractivity contribution in [3.63, 3.8) is 0 Å². The van der Waals surface area contributed by atoms with Crippen LogP contribution in [0.4, 0.5) is 5.69 Å². The molecule has 7 heteroatoms. The Labute approximate surface area is 144 Å². The Bertz CT molecular complexity index is 791. The van der Waals surface area contributed by atoms with E-state index in [4.69, 9.17) is 19.9 Å². The number of carbonyl (C=O) groups is 2. The maximum atomic E-state index is 12.4. The number of ether oxygens (including phenoxy) is 3. The van der Waals surface area contributed by atoms with Gasteiger partial charge in [-0.2, -0.15) is 0 Å². The molecule has 25 heavy (non-hydrogen) atoms. The van der Waals surface area contributed by atoms with Gasteiger partial charge in [-0.05, 0) is 30.3 Å². The minimum atomic E-state index is -0.568. The summed E-state index contributed by atoms with van der Waals surface area (Å²) in [6.45, 7) is 0.924. The highest BCUT2D eigenvalue weighted by Gasteiger charge is 2.14. The molecule has 0 saturated heterocycles. The lowest BCUT2D eigenvalue weighted by Crippen LogP contribution is -2.20. The van der Waals surface area contributed by atoms with Crippen molar-refractivity contribution in [2.24, 2.45) is 5.73 Å². The van der Waals surface area contributed by atoms with Crippen LogP contribution in [0.3, 0.4) is 0 Å². The number of primary amides is 1. The van der Waals surface area contributed by atoms with Crippen LogP contribution in [0.1, 0.15) is 16.8 Å². The summed E-state index contributed by atoms with van der Waals surface area (Å²) < 4.78 is 16.4. The fourth-order valence-corrected chi connectivity index (χ4v) is 2.33. The molecule has 1 heterocycles. The second-order valence-corrected chi connectivity index (χ2v) is 5.45. The van der Waals surface area contributed by atoms with Crippen LogP contribution < -0.4 is 25.3 Å². The zero-order valence-electron chi connectivity index (χ0n) is 13.5. The van der Waals surface area contributed by atoms with Gasteiger partial charge in [0.1, 0.15) is 5.75 Å². The maximum absolute atomic E-state index is 12.4. The fraction of sp³-hybridized carbons (Fsp3) is 0.222. The molecule has 0 aliphatic carbocycles. The number of rotatable bonds is 5. The number of amides is 2. The zero-order valence-corrected chi connectivity index (χ0v) is 13.5. The van der Waals surface area contributed by atoms with Gasteiger partial charge in [-0.25, -0.2) is 0 Å². The van der Waals surface area contributed by atoms with Gasteiger partial charge in [0.2, 0.25) is 0 Å². The van der Waals surface area contributed by atoms with E-state index in [0.29, 0.717) is 41.7 Å². The number of benzene rings is 2. The first-order chi connectivity index (χ1) is 12.1. The van der Waals surface area contributed by atoms with Crippen molar-refractivity contribution in [3.05, 3.63) is 48.0 Å². The van der Waals surface area contributed by atoms with E-state index < -0.39 is 5.91 Å². The monoisotopic (exact) mass is 342 g/mol. The Kier molecular flexibility index (Phi) is 5.03. The standard InChI is InChI=1S/C18H18N2O5/c19-17(21)11-25-14-4-1-3-13(10-14)20-18(22)12-5-6-15-16(9-12)24-8-2-7-23-15/h1,3-6,9-10H,2,7-8,11H2,(H2,19,21)(H,20,22). The number of nitrogens with two attached hydrogens (primary N) is 1. The summed E-state index contributed by atoms with van der Waals surface area (Å²) in [6.07, 6.45) is 0.800. The molecule has 0 fully saturated rings. The second kappa shape index (κ2) is 7.57. The normalized spacial score (nSPS) is 12.8. The molecule has 2 aromatic rings. The van der Waals surface area contributed by atoms with E-state index in [1.54, 1.807) is 42.5 Å². The Morgan fingerprint density at radius 3 is 2.68 bits per heavy atom. The van der Waals surface area contributed by atoms with Crippen LogP contribution in [0, 0.1) is 0 Å². The van der Waals surface area contributed by atoms with Crippen LogP contribution in [0.15, 0.2) is 42.5 Å². The third-order valence-corrected chi connectivity index (χ3v) is 3.48. The Hall–Kier alpha value is -3.22. The van der Waals surface area contributed by atoms with Crippen molar-refractivity contribution in [3.8, 4) is 17.2 Å². The van der Waals surface area contributed by atoms with Crippen molar-refractivity contribution in [2.75, 3.05) is 25.1 Å². The molecule has 3 N–H and O–H groups in total. The lowest BCUT2D eigenvalue weighted by molar-refractivity contribution is -0.119. The second-order valence-electron chi connectivity index (χ2n) is 5.45. The molecular weight excluding hydrogens is 324 g/mol. The van der Waals surface area contributed by atoms with Crippen molar-refractivity contribution in [2.45, 2.75) is 6.42 Å². The number of nitrogens with one attached hydrogen (secondary N) is 1. The topological polar surface area (TPSA) is 99.9 Å². The number of hydrogen-bond donors (Lipinski definition) is 2. The zero-order chi connectivity index (χ0) is 17.6. The molecule has 0 radical (unpaired) electrons. The summed E-state index contributed by atoms with van der Waals surface area (Å²) in [5, 5.41) is 2.78. The third kappa shape index (κ3) is 4.41. The smallest absolute Gasteiger partial charge is 0.255 e. The number of hydrogen-bond acceptors (Lipinski definition) is 5. The molecule has 0 saturated carbocycles. The molecule has 0 atom stereocenters. The predicted molar refractivity (Wildman–Crippen MR) is 91.1 cm³/mol. The summed E-state index contributed by atoms with van der Waals surface area (Å²) in [5.41, 5.74) is 6.04. The van der Waals surface area contributed by atoms with Gasteiger partial charge < -0.3 is 25.3 Å². The summed E-state index contributed by atoms with van der Waals surface area (Å²) in [7, 11) is 0. The van der Waals surface area contributed by atoms with E-state index in [1.807, 2.05) is 0 Å². The SMILES string of the molecule is NC(=O)COc1cccc(NC(=O)c2ccc3c(c2)OCCCO3)c1. The van der Waals surface area contributed by atoms with Gasteiger partial charge in [0.05, 0.1) is 13.2 Å². The summed E-state index contributed by atoms with van der Waals surface area (Å²) >= 11 is 0. The van der Waals surface area contributed by atoms with Gasteiger partial charge in [-0.15, -0.1) is 0 Å². The van der Waals surface area contributed by atoms with Gasteiger partial charge in [-0.3, -0.25) is 9.59 Å².